The Morgan fingerprint density at radius 3 is 2.68 bits per heavy atom. The average Bonchev–Trinajstić information content (AvgIpc) is 2.74. The van der Waals surface area contributed by atoms with Crippen LogP contribution >= 0.6 is 0 Å². The maximum Gasteiger partial charge on any atom is 0.246 e. The number of nitrogens with zero attached hydrogens (tertiary/aromatic N) is 3. The minimum atomic E-state index is -3.40. The smallest absolute Gasteiger partial charge is 0.246 e. The van der Waals surface area contributed by atoms with Crippen LogP contribution in [0.15, 0.2) is 17.3 Å². The van der Waals surface area contributed by atoms with Crippen LogP contribution in [-0.2, 0) is 10.0 Å². The third-order valence-electron chi connectivity index (χ3n) is 3.71. The molecule has 0 aromatic carbocycles. The van der Waals surface area contributed by atoms with Crippen molar-refractivity contribution in [2.24, 2.45) is 0 Å². The van der Waals surface area contributed by atoms with Crippen LogP contribution in [0.4, 0.5) is 0 Å². The molecule has 5 nitrogen and oxygen atoms in total. The van der Waals surface area contributed by atoms with E-state index in [2.05, 4.69) is 5.10 Å². The molecule has 1 aliphatic rings. The Morgan fingerprint density at radius 1 is 1.32 bits per heavy atom. The average molecular weight is 285 g/mol. The van der Waals surface area contributed by atoms with E-state index in [-0.39, 0.29) is 12.1 Å². The van der Waals surface area contributed by atoms with E-state index >= 15 is 0 Å². The number of sulfonamides is 1. The lowest BCUT2D eigenvalue weighted by Crippen LogP contribution is -2.38. The second-order valence-corrected chi connectivity index (χ2v) is 7.45. The maximum atomic E-state index is 12.7. The highest BCUT2D eigenvalue weighted by Crippen LogP contribution is 2.24. The Morgan fingerprint density at radius 2 is 2.05 bits per heavy atom. The van der Waals surface area contributed by atoms with Crippen LogP contribution in [0.25, 0.3) is 0 Å². The van der Waals surface area contributed by atoms with E-state index in [0.29, 0.717) is 11.4 Å². The third-order valence-corrected chi connectivity index (χ3v) is 5.67. The zero-order valence-electron chi connectivity index (χ0n) is 11.9. The zero-order chi connectivity index (χ0) is 14.0. The molecule has 1 fully saturated rings. The molecule has 0 spiro atoms. The molecule has 0 N–H and O–H groups in total. The minimum Gasteiger partial charge on any atom is -0.269 e. The number of aromatic nitrogens is 2. The van der Waals surface area contributed by atoms with Crippen LogP contribution in [0.3, 0.4) is 0 Å². The number of rotatable bonds is 3. The quantitative estimate of drug-likeness (QED) is 0.857. The topological polar surface area (TPSA) is 55.2 Å². The van der Waals surface area contributed by atoms with Crippen LogP contribution < -0.4 is 0 Å². The van der Waals surface area contributed by atoms with Crippen molar-refractivity contribution in [2.45, 2.75) is 63.4 Å². The molecule has 0 saturated carbocycles. The van der Waals surface area contributed by atoms with Gasteiger partial charge in [-0.15, -0.1) is 0 Å². The summed E-state index contributed by atoms with van der Waals surface area (Å²) in [5.74, 6) is 0. The van der Waals surface area contributed by atoms with Crippen molar-refractivity contribution < 1.29 is 8.42 Å². The largest absolute Gasteiger partial charge is 0.269 e. The lowest BCUT2D eigenvalue weighted by molar-refractivity contribution is 0.342. The molecule has 108 valence electrons. The molecular formula is C13H23N3O2S. The molecular weight excluding hydrogens is 262 g/mol. The van der Waals surface area contributed by atoms with Gasteiger partial charge in [0.15, 0.2) is 0 Å². The van der Waals surface area contributed by atoms with Gasteiger partial charge in [-0.25, -0.2) is 8.42 Å². The Balaban J connectivity index is 2.29. The maximum absolute atomic E-state index is 12.7. The molecule has 6 heteroatoms. The first kappa shape index (κ1) is 14.5. The molecule has 0 radical (unpaired) electrons. The summed E-state index contributed by atoms with van der Waals surface area (Å²) < 4.78 is 28.6. The molecule has 1 saturated heterocycles. The lowest BCUT2D eigenvalue weighted by Gasteiger charge is -2.25. The van der Waals surface area contributed by atoms with Crippen LogP contribution in [0.5, 0.6) is 0 Å². The second kappa shape index (κ2) is 5.63. The van der Waals surface area contributed by atoms with Gasteiger partial charge in [-0.1, -0.05) is 12.8 Å². The van der Waals surface area contributed by atoms with Gasteiger partial charge >= 0.3 is 0 Å². The molecule has 19 heavy (non-hydrogen) atoms. The Kier molecular flexibility index (Phi) is 4.30. The van der Waals surface area contributed by atoms with Gasteiger partial charge in [-0.3, -0.25) is 4.68 Å². The van der Waals surface area contributed by atoms with E-state index in [1.165, 1.54) is 6.20 Å². The van der Waals surface area contributed by atoms with E-state index in [9.17, 15) is 8.42 Å². The fourth-order valence-corrected chi connectivity index (χ4v) is 4.12. The summed E-state index contributed by atoms with van der Waals surface area (Å²) >= 11 is 0. The van der Waals surface area contributed by atoms with E-state index in [0.717, 1.165) is 25.7 Å². The standard InChI is InChI=1S/C13H23N3O2S/c1-11(2)15-10-13(9-14-15)19(17,18)16-8-6-4-5-7-12(16)3/h9-12H,4-8H2,1-3H3. The monoisotopic (exact) mass is 285 g/mol. The minimum absolute atomic E-state index is 0.0786. The molecule has 1 atom stereocenters. The highest BCUT2D eigenvalue weighted by molar-refractivity contribution is 7.89. The van der Waals surface area contributed by atoms with E-state index in [4.69, 9.17) is 0 Å². The van der Waals surface area contributed by atoms with Crippen molar-refractivity contribution in [3.8, 4) is 0 Å². The first-order chi connectivity index (χ1) is 8.93. The van der Waals surface area contributed by atoms with Crippen LogP contribution in [0.1, 0.15) is 52.5 Å². The van der Waals surface area contributed by atoms with E-state index < -0.39 is 10.0 Å². The van der Waals surface area contributed by atoms with Gasteiger partial charge in [0.1, 0.15) is 4.90 Å². The summed E-state index contributed by atoms with van der Waals surface area (Å²) in [7, 11) is -3.40. The van der Waals surface area contributed by atoms with Crippen LogP contribution in [0.2, 0.25) is 0 Å². The fourth-order valence-electron chi connectivity index (χ4n) is 2.48. The SMILES string of the molecule is CC1CCCCCN1S(=O)(=O)c1cnn(C(C)C)c1. The van der Waals surface area contributed by atoms with Crippen molar-refractivity contribution in [3.05, 3.63) is 12.4 Å². The number of hydrogen-bond donors (Lipinski definition) is 0. The highest BCUT2D eigenvalue weighted by Gasteiger charge is 2.31. The molecule has 1 unspecified atom stereocenters. The normalized spacial score (nSPS) is 22.6. The van der Waals surface area contributed by atoms with Crippen molar-refractivity contribution >= 4 is 10.0 Å². The van der Waals surface area contributed by atoms with Crippen molar-refractivity contribution in [3.63, 3.8) is 0 Å². The molecule has 0 amide bonds. The van der Waals surface area contributed by atoms with Crippen molar-refractivity contribution in [1.82, 2.24) is 14.1 Å². The Hall–Kier alpha value is -0.880. The van der Waals surface area contributed by atoms with Gasteiger partial charge in [0.2, 0.25) is 10.0 Å². The number of hydrogen-bond acceptors (Lipinski definition) is 3. The molecule has 1 aromatic rings. The van der Waals surface area contributed by atoms with Gasteiger partial charge in [0.25, 0.3) is 0 Å². The summed E-state index contributed by atoms with van der Waals surface area (Å²) in [5, 5.41) is 4.14. The first-order valence-corrected chi connectivity index (χ1v) is 8.43. The summed E-state index contributed by atoms with van der Waals surface area (Å²) in [6, 6.07) is 0.250. The Labute approximate surface area is 115 Å². The third kappa shape index (κ3) is 3.00. The molecule has 1 aromatic heterocycles. The van der Waals surface area contributed by atoms with Gasteiger partial charge < -0.3 is 0 Å². The molecule has 2 rings (SSSR count). The highest BCUT2D eigenvalue weighted by atomic mass is 32.2. The fraction of sp³-hybridized carbons (Fsp3) is 0.769. The van der Waals surface area contributed by atoms with Crippen LogP contribution in [-0.4, -0.2) is 35.1 Å². The summed E-state index contributed by atoms with van der Waals surface area (Å²) in [5.41, 5.74) is 0. The zero-order valence-corrected chi connectivity index (χ0v) is 12.7. The second-order valence-electron chi connectivity index (χ2n) is 5.56. The van der Waals surface area contributed by atoms with Crippen LogP contribution in [0, 0.1) is 0 Å². The van der Waals surface area contributed by atoms with Gasteiger partial charge in [0.05, 0.1) is 6.20 Å². The van der Waals surface area contributed by atoms with E-state index in [1.54, 1.807) is 15.2 Å². The van der Waals surface area contributed by atoms with Crippen molar-refractivity contribution in [2.75, 3.05) is 6.54 Å². The molecule has 2 heterocycles. The Bertz CT molecular complexity index is 522. The summed E-state index contributed by atoms with van der Waals surface area (Å²) in [4.78, 5) is 0.315. The molecule has 1 aliphatic heterocycles. The summed E-state index contributed by atoms with van der Waals surface area (Å²) in [6.07, 6.45) is 7.21. The molecule has 0 bridgehead atoms. The van der Waals surface area contributed by atoms with Crippen molar-refractivity contribution in [1.29, 1.82) is 0 Å². The van der Waals surface area contributed by atoms with E-state index in [1.807, 2.05) is 20.8 Å². The van der Waals surface area contributed by atoms with Gasteiger partial charge in [-0.2, -0.15) is 9.40 Å². The lowest BCUT2D eigenvalue weighted by atomic mass is 10.1. The summed E-state index contributed by atoms with van der Waals surface area (Å²) in [6.45, 7) is 6.59. The first-order valence-electron chi connectivity index (χ1n) is 6.99. The van der Waals surface area contributed by atoms with Gasteiger partial charge in [0, 0.05) is 24.8 Å². The predicted octanol–water partition coefficient (Wildman–Crippen LogP) is 2.42. The molecule has 0 aliphatic carbocycles. The predicted molar refractivity (Wildman–Crippen MR) is 74.4 cm³/mol. The van der Waals surface area contributed by atoms with Gasteiger partial charge in [-0.05, 0) is 33.6 Å².